The molecule has 2 heterocycles. The van der Waals surface area contributed by atoms with E-state index in [9.17, 15) is 14.4 Å². The van der Waals surface area contributed by atoms with Crippen molar-refractivity contribution in [1.82, 2.24) is 14.8 Å². The van der Waals surface area contributed by atoms with Crippen LogP contribution in [0.3, 0.4) is 0 Å². The van der Waals surface area contributed by atoms with E-state index >= 15 is 0 Å². The van der Waals surface area contributed by atoms with Gasteiger partial charge >= 0.3 is 0 Å². The zero-order chi connectivity index (χ0) is 27.2. The summed E-state index contributed by atoms with van der Waals surface area (Å²) in [4.78, 5) is 45.5. The zero-order valence-electron chi connectivity index (χ0n) is 21.7. The second kappa shape index (κ2) is 12.1. The second-order valence-corrected chi connectivity index (χ2v) is 9.80. The van der Waals surface area contributed by atoms with Crippen LogP contribution in [0.4, 0.5) is 5.69 Å². The highest BCUT2D eigenvalue weighted by atomic mass is 35.5. The number of pyridine rings is 1. The number of hydrogen-bond acceptors (Lipinski definition) is 5. The second-order valence-electron chi connectivity index (χ2n) is 9.36. The van der Waals surface area contributed by atoms with Crippen molar-refractivity contribution in [2.24, 2.45) is 0 Å². The largest absolute Gasteiger partial charge is 0.477 e. The molecule has 1 aromatic heterocycles. The van der Waals surface area contributed by atoms with E-state index in [1.165, 1.54) is 11.1 Å². The maximum absolute atomic E-state index is 13.1. The van der Waals surface area contributed by atoms with Crippen molar-refractivity contribution in [2.45, 2.75) is 25.7 Å². The van der Waals surface area contributed by atoms with E-state index in [0.29, 0.717) is 58.9 Å². The van der Waals surface area contributed by atoms with Gasteiger partial charge in [0.15, 0.2) is 0 Å². The standard InChI is InChI=1S/C29H31ClN4O4/c1-4-38-27-25(17-23(30)18-31-27)29(37)34-14-12-20(13-15-34)19-8-10-24(11-9-19)32-26(35)21-6-5-7-22(16-21)28(36)33(2)3/h5-11,16-18,20H,4,12-15H2,1-3H3,(H,32,35). The van der Waals surface area contributed by atoms with Gasteiger partial charge in [-0.3, -0.25) is 14.4 Å². The fourth-order valence-electron chi connectivity index (χ4n) is 4.51. The molecule has 9 heteroatoms. The number of carbonyl (C=O) groups excluding carboxylic acids is 3. The smallest absolute Gasteiger partial charge is 0.259 e. The predicted octanol–water partition coefficient (Wildman–Crippen LogP) is 5.11. The first-order valence-electron chi connectivity index (χ1n) is 12.6. The van der Waals surface area contributed by atoms with Crippen molar-refractivity contribution < 1.29 is 19.1 Å². The van der Waals surface area contributed by atoms with E-state index in [0.717, 1.165) is 18.4 Å². The van der Waals surface area contributed by atoms with Crippen molar-refractivity contribution in [3.63, 3.8) is 0 Å². The first-order chi connectivity index (χ1) is 18.3. The van der Waals surface area contributed by atoms with Crippen LogP contribution >= 0.6 is 11.6 Å². The number of rotatable bonds is 7. The summed E-state index contributed by atoms with van der Waals surface area (Å²) < 4.78 is 5.52. The van der Waals surface area contributed by atoms with Crippen LogP contribution in [0.25, 0.3) is 0 Å². The Balaban J connectivity index is 1.35. The number of nitrogens with one attached hydrogen (secondary N) is 1. The van der Waals surface area contributed by atoms with E-state index in [-0.39, 0.29) is 17.7 Å². The third-order valence-electron chi connectivity index (χ3n) is 6.53. The molecular formula is C29H31ClN4O4. The first-order valence-corrected chi connectivity index (χ1v) is 12.9. The number of aromatic nitrogens is 1. The summed E-state index contributed by atoms with van der Waals surface area (Å²) in [7, 11) is 3.35. The van der Waals surface area contributed by atoms with Gasteiger partial charge in [-0.25, -0.2) is 4.98 Å². The SMILES string of the molecule is CCOc1ncc(Cl)cc1C(=O)N1CCC(c2ccc(NC(=O)c3cccc(C(=O)N(C)C)c3)cc2)CC1. The molecule has 4 rings (SSSR count). The monoisotopic (exact) mass is 534 g/mol. The van der Waals surface area contributed by atoms with Gasteiger partial charge in [0.25, 0.3) is 17.7 Å². The van der Waals surface area contributed by atoms with Crippen molar-refractivity contribution >= 4 is 35.0 Å². The van der Waals surface area contributed by atoms with Crippen LogP contribution in [0.1, 0.15) is 62.3 Å². The molecule has 198 valence electrons. The van der Waals surface area contributed by atoms with Crippen molar-refractivity contribution in [3.05, 3.63) is 88.1 Å². The van der Waals surface area contributed by atoms with Crippen molar-refractivity contribution in [3.8, 4) is 5.88 Å². The van der Waals surface area contributed by atoms with Gasteiger partial charge in [-0.05, 0) is 67.6 Å². The fraction of sp³-hybridized carbons (Fsp3) is 0.310. The fourth-order valence-corrected chi connectivity index (χ4v) is 4.67. The number of halogens is 1. The van der Waals surface area contributed by atoms with Crippen molar-refractivity contribution in [2.75, 3.05) is 39.1 Å². The third kappa shape index (κ3) is 6.31. The molecule has 3 aromatic rings. The highest BCUT2D eigenvalue weighted by Gasteiger charge is 2.27. The lowest BCUT2D eigenvalue weighted by Crippen LogP contribution is -2.38. The summed E-state index contributed by atoms with van der Waals surface area (Å²) in [6, 6.07) is 16.1. The number of benzene rings is 2. The van der Waals surface area contributed by atoms with E-state index in [1.54, 1.807) is 44.4 Å². The molecule has 0 radical (unpaired) electrons. The Bertz CT molecular complexity index is 1320. The van der Waals surface area contributed by atoms with Crippen LogP contribution in [0, 0.1) is 0 Å². The molecule has 0 saturated carbocycles. The van der Waals surface area contributed by atoms with Crippen molar-refractivity contribution in [1.29, 1.82) is 0 Å². The number of hydrogen-bond donors (Lipinski definition) is 1. The van der Waals surface area contributed by atoms with E-state index in [1.807, 2.05) is 36.1 Å². The number of amides is 3. The predicted molar refractivity (Wildman–Crippen MR) is 147 cm³/mol. The molecule has 0 bridgehead atoms. The lowest BCUT2D eigenvalue weighted by Gasteiger charge is -2.32. The topological polar surface area (TPSA) is 91.8 Å². The average Bonchev–Trinajstić information content (AvgIpc) is 2.94. The lowest BCUT2D eigenvalue weighted by atomic mass is 9.89. The molecule has 8 nitrogen and oxygen atoms in total. The summed E-state index contributed by atoms with van der Waals surface area (Å²) in [6.45, 7) is 3.48. The van der Waals surface area contributed by atoms with Crippen LogP contribution < -0.4 is 10.1 Å². The summed E-state index contributed by atoms with van der Waals surface area (Å²) in [6.07, 6.45) is 3.12. The maximum Gasteiger partial charge on any atom is 0.259 e. The molecule has 1 N–H and O–H groups in total. The molecule has 1 aliphatic rings. The van der Waals surface area contributed by atoms with Crippen LogP contribution in [0.2, 0.25) is 5.02 Å². The van der Waals surface area contributed by atoms with Crippen LogP contribution in [-0.4, -0.2) is 66.3 Å². The Morgan fingerprint density at radius 3 is 2.39 bits per heavy atom. The average molecular weight is 535 g/mol. The van der Waals surface area contributed by atoms with Gasteiger partial charge in [-0.1, -0.05) is 29.8 Å². The maximum atomic E-state index is 13.1. The van der Waals surface area contributed by atoms with Gasteiger partial charge < -0.3 is 19.9 Å². The van der Waals surface area contributed by atoms with Gasteiger partial charge in [-0.15, -0.1) is 0 Å². The number of nitrogens with zero attached hydrogens (tertiary/aromatic N) is 3. The summed E-state index contributed by atoms with van der Waals surface area (Å²) >= 11 is 6.08. The minimum absolute atomic E-state index is 0.128. The lowest BCUT2D eigenvalue weighted by molar-refractivity contribution is 0.0707. The number of ether oxygens (including phenoxy) is 1. The molecule has 0 spiro atoms. The molecule has 0 atom stereocenters. The van der Waals surface area contributed by atoms with Gasteiger partial charge in [0, 0.05) is 50.2 Å². The quantitative estimate of drug-likeness (QED) is 0.455. The number of anilines is 1. The Kier molecular flexibility index (Phi) is 8.63. The molecule has 38 heavy (non-hydrogen) atoms. The Hall–Kier alpha value is -3.91. The van der Waals surface area contributed by atoms with Gasteiger partial charge in [0.2, 0.25) is 5.88 Å². The normalized spacial score (nSPS) is 13.6. The molecule has 0 unspecified atom stereocenters. The number of likely N-dealkylation sites (tertiary alicyclic amines) is 1. The summed E-state index contributed by atoms with van der Waals surface area (Å²) in [5.41, 5.74) is 3.10. The minimum atomic E-state index is -0.278. The summed E-state index contributed by atoms with van der Waals surface area (Å²) in [5, 5.41) is 3.30. The highest BCUT2D eigenvalue weighted by molar-refractivity contribution is 6.30. The van der Waals surface area contributed by atoms with Crippen LogP contribution in [-0.2, 0) is 0 Å². The highest BCUT2D eigenvalue weighted by Crippen LogP contribution is 2.31. The Morgan fingerprint density at radius 1 is 1.05 bits per heavy atom. The van der Waals surface area contributed by atoms with E-state index in [4.69, 9.17) is 16.3 Å². The Labute approximate surface area is 227 Å². The molecular weight excluding hydrogens is 504 g/mol. The molecule has 1 saturated heterocycles. The van der Waals surface area contributed by atoms with Gasteiger partial charge in [-0.2, -0.15) is 0 Å². The molecule has 2 aromatic carbocycles. The molecule has 0 aliphatic carbocycles. The number of piperidine rings is 1. The molecule has 1 aliphatic heterocycles. The molecule has 3 amide bonds. The molecule has 1 fully saturated rings. The third-order valence-corrected chi connectivity index (χ3v) is 6.74. The zero-order valence-corrected chi connectivity index (χ0v) is 22.5. The van der Waals surface area contributed by atoms with Crippen LogP contribution in [0.15, 0.2) is 60.8 Å². The Morgan fingerprint density at radius 2 is 1.74 bits per heavy atom. The first kappa shape index (κ1) is 27.1. The van der Waals surface area contributed by atoms with Gasteiger partial charge in [0.1, 0.15) is 5.56 Å². The van der Waals surface area contributed by atoms with E-state index in [2.05, 4.69) is 10.3 Å². The van der Waals surface area contributed by atoms with E-state index < -0.39 is 0 Å². The number of carbonyl (C=O) groups is 3. The van der Waals surface area contributed by atoms with Crippen LogP contribution in [0.5, 0.6) is 5.88 Å². The summed E-state index contributed by atoms with van der Waals surface area (Å²) in [5.74, 6) is 0.0472. The van der Waals surface area contributed by atoms with Gasteiger partial charge in [0.05, 0.1) is 11.6 Å². The minimum Gasteiger partial charge on any atom is -0.477 e.